The second kappa shape index (κ2) is 8.74. The molecule has 0 amide bonds. The number of benzene rings is 2. The van der Waals surface area contributed by atoms with Crippen LogP contribution in [0.25, 0.3) is 11.1 Å². The molecule has 0 aliphatic carbocycles. The number of Topliss-reactive ketones (excluding diaryl/α,β-unsaturated/α-hetero) is 1. The van der Waals surface area contributed by atoms with Gasteiger partial charge in [-0.1, -0.05) is 47.6 Å². The highest BCUT2D eigenvalue weighted by molar-refractivity contribution is 8.00. The molecule has 5 nitrogen and oxygen atoms in total. The molecule has 0 radical (unpaired) electrons. The van der Waals surface area contributed by atoms with E-state index in [0.29, 0.717) is 16.1 Å². The fraction of sp³-hybridized carbons (Fsp3) is 0.0476. The molecule has 0 bridgehead atoms. The maximum Gasteiger partial charge on any atom is 0.173 e. The highest BCUT2D eigenvalue weighted by atomic mass is 35.5. The third-order valence-corrected chi connectivity index (χ3v) is 5.23. The lowest BCUT2D eigenvalue weighted by Gasteiger charge is -2.13. The first kappa shape index (κ1) is 20.3. The third-order valence-electron chi connectivity index (χ3n) is 4.02. The van der Waals surface area contributed by atoms with Crippen LogP contribution < -0.4 is 5.73 Å². The number of carbonyl (C=O) groups is 1. The van der Waals surface area contributed by atoms with Crippen molar-refractivity contribution in [2.24, 2.45) is 0 Å². The topological polar surface area (TPSA) is 104 Å². The number of nitrogens with two attached hydrogens (primary N) is 1. The van der Waals surface area contributed by atoms with E-state index in [0.717, 1.165) is 17.8 Å². The molecule has 0 aliphatic heterocycles. The van der Waals surface area contributed by atoms with E-state index < -0.39 is 5.82 Å². The zero-order valence-corrected chi connectivity index (χ0v) is 16.4. The lowest BCUT2D eigenvalue weighted by atomic mass is 9.97. The summed E-state index contributed by atoms with van der Waals surface area (Å²) in [5.41, 5.74) is 7.19. The molecular weight excluding hydrogens is 411 g/mol. The molecule has 8 heteroatoms. The highest BCUT2D eigenvalue weighted by Gasteiger charge is 2.21. The monoisotopic (exact) mass is 422 g/mol. The Kier molecular flexibility index (Phi) is 6.13. The molecule has 2 N–H and O–H groups in total. The van der Waals surface area contributed by atoms with Gasteiger partial charge in [0.15, 0.2) is 5.78 Å². The van der Waals surface area contributed by atoms with Gasteiger partial charge in [0, 0.05) is 16.1 Å². The van der Waals surface area contributed by atoms with E-state index >= 15 is 0 Å². The molecular formula is C21H12ClFN4OS. The van der Waals surface area contributed by atoms with E-state index in [9.17, 15) is 19.7 Å². The van der Waals surface area contributed by atoms with Gasteiger partial charge in [-0.05, 0) is 29.8 Å². The van der Waals surface area contributed by atoms with Gasteiger partial charge in [-0.15, -0.1) is 0 Å². The van der Waals surface area contributed by atoms with Gasteiger partial charge in [-0.2, -0.15) is 10.5 Å². The lowest BCUT2D eigenvalue weighted by Crippen LogP contribution is -2.06. The summed E-state index contributed by atoms with van der Waals surface area (Å²) in [7, 11) is 0. The van der Waals surface area contributed by atoms with Crippen LogP contribution in [-0.2, 0) is 0 Å². The van der Waals surface area contributed by atoms with Crippen LogP contribution in [0.15, 0.2) is 53.6 Å². The molecule has 0 saturated carbocycles. The van der Waals surface area contributed by atoms with Crippen molar-refractivity contribution >= 4 is 35.0 Å². The predicted octanol–water partition coefficient (Wildman–Crippen LogP) is 4.84. The number of aromatic nitrogens is 1. The minimum absolute atomic E-state index is 0.0535. The average Bonchev–Trinajstić information content (AvgIpc) is 2.71. The van der Waals surface area contributed by atoms with Crippen molar-refractivity contribution in [2.45, 2.75) is 5.03 Å². The van der Waals surface area contributed by atoms with Crippen molar-refractivity contribution in [2.75, 3.05) is 11.5 Å². The molecule has 0 saturated heterocycles. The first-order valence-electron chi connectivity index (χ1n) is 8.25. The maximum atomic E-state index is 13.3. The molecule has 0 aliphatic rings. The molecule has 142 valence electrons. The minimum Gasteiger partial charge on any atom is -0.383 e. The summed E-state index contributed by atoms with van der Waals surface area (Å²) in [6.45, 7) is 0. The Morgan fingerprint density at radius 3 is 2.52 bits per heavy atom. The van der Waals surface area contributed by atoms with Gasteiger partial charge < -0.3 is 5.73 Å². The normalized spacial score (nSPS) is 10.2. The number of carbonyl (C=O) groups excluding carboxylic acids is 1. The number of hydrogen-bond donors (Lipinski definition) is 1. The van der Waals surface area contributed by atoms with Crippen molar-refractivity contribution in [3.63, 3.8) is 0 Å². The predicted molar refractivity (Wildman–Crippen MR) is 110 cm³/mol. The van der Waals surface area contributed by atoms with Gasteiger partial charge >= 0.3 is 0 Å². The summed E-state index contributed by atoms with van der Waals surface area (Å²) in [6.07, 6.45) is 0. The lowest BCUT2D eigenvalue weighted by molar-refractivity contribution is 0.102. The number of ketones is 1. The van der Waals surface area contributed by atoms with Crippen molar-refractivity contribution in [1.82, 2.24) is 4.98 Å². The number of thioether (sulfide) groups is 1. The second-order valence-electron chi connectivity index (χ2n) is 5.88. The van der Waals surface area contributed by atoms with Crippen molar-refractivity contribution in [3.05, 3.63) is 76.1 Å². The van der Waals surface area contributed by atoms with Gasteiger partial charge in [-0.25, -0.2) is 9.37 Å². The molecule has 1 aromatic heterocycles. The number of anilines is 1. The Balaban J connectivity index is 2.03. The smallest absolute Gasteiger partial charge is 0.173 e. The Labute approximate surface area is 175 Å². The standard InChI is InChI=1S/C21H12ClFN4OS/c22-14-5-1-4-13(7-14)19-16(9-24)20(26)27-21(17(19)10-25)29-11-18(28)12-3-2-6-15(23)8-12/h1-8H,11H2,(H2,26,27). The van der Waals surface area contributed by atoms with E-state index in [4.69, 9.17) is 17.3 Å². The molecule has 2 aromatic carbocycles. The van der Waals surface area contributed by atoms with Crippen LogP contribution in [0.5, 0.6) is 0 Å². The summed E-state index contributed by atoms with van der Waals surface area (Å²) in [5.74, 6) is -0.969. The van der Waals surface area contributed by atoms with Gasteiger partial charge in [-0.3, -0.25) is 4.79 Å². The number of hydrogen-bond acceptors (Lipinski definition) is 6. The first-order chi connectivity index (χ1) is 13.9. The summed E-state index contributed by atoms with van der Waals surface area (Å²) < 4.78 is 13.3. The molecule has 0 unspecified atom stereocenters. The molecule has 0 atom stereocenters. The third kappa shape index (κ3) is 4.38. The fourth-order valence-electron chi connectivity index (χ4n) is 2.71. The maximum absolute atomic E-state index is 13.3. The quantitative estimate of drug-likeness (QED) is 0.466. The molecule has 0 spiro atoms. The van der Waals surface area contributed by atoms with E-state index in [1.165, 1.54) is 18.2 Å². The zero-order valence-electron chi connectivity index (χ0n) is 14.8. The zero-order chi connectivity index (χ0) is 21.0. The van der Waals surface area contributed by atoms with Gasteiger partial charge in [0.25, 0.3) is 0 Å². The van der Waals surface area contributed by atoms with Crippen LogP contribution in [0.4, 0.5) is 10.2 Å². The van der Waals surface area contributed by atoms with Crippen molar-refractivity contribution < 1.29 is 9.18 Å². The number of nitrogens with zero attached hydrogens (tertiary/aromatic N) is 3. The highest BCUT2D eigenvalue weighted by Crippen LogP contribution is 2.36. The van der Waals surface area contributed by atoms with Crippen LogP contribution in [0.1, 0.15) is 21.5 Å². The van der Waals surface area contributed by atoms with E-state index in [1.807, 2.05) is 6.07 Å². The molecule has 3 aromatic rings. The summed E-state index contributed by atoms with van der Waals surface area (Å²) >= 11 is 7.05. The molecule has 29 heavy (non-hydrogen) atoms. The fourth-order valence-corrected chi connectivity index (χ4v) is 3.79. The largest absolute Gasteiger partial charge is 0.383 e. The van der Waals surface area contributed by atoms with Crippen LogP contribution in [-0.4, -0.2) is 16.5 Å². The van der Waals surface area contributed by atoms with Gasteiger partial charge in [0.2, 0.25) is 0 Å². The Hall–Kier alpha value is -3.39. The van der Waals surface area contributed by atoms with Crippen molar-refractivity contribution in [3.8, 4) is 23.3 Å². The summed E-state index contributed by atoms with van der Waals surface area (Å²) in [4.78, 5) is 16.5. The van der Waals surface area contributed by atoms with Crippen LogP contribution >= 0.6 is 23.4 Å². The van der Waals surface area contributed by atoms with E-state index in [2.05, 4.69) is 11.1 Å². The minimum atomic E-state index is -0.512. The van der Waals surface area contributed by atoms with Crippen LogP contribution in [0.3, 0.4) is 0 Å². The number of halogens is 2. The molecule has 3 rings (SSSR count). The SMILES string of the molecule is N#Cc1c(N)nc(SCC(=O)c2cccc(F)c2)c(C#N)c1-c1cccc(Cl)c1. The van der Waals surface area contributed by atoms with E-state index in [1.54, 1.807) is 24.3 Å². The Bertz CT molecular complexity index is 1200. The number of nitriles is 2. The molecule has 0 fully saturated rings. The average molecular weight is 423 g/mol. The van der Waals surface area contributed by atoms with Gasteiger partial charge in [0.1, 0.15) is 34.4 Å². The van der Waals surface area contributed by atoms with Crippen LogP contribution in [0.2, 0.25) is 5.02 Å². The Morgan fingerprint density at radius 1 is 1.14 bits per heavy atom. The summed E-state index contributed by atoms with van der Waals surface area (Å²) in [6, 6.07) is 16.1. The number of pyridine rings is 1. The second-order valence-corrected chi connectivity index (χ2v) is 7.28. The number of nitrogen functional groups attached to an aromatic ring is 1. The molecule has 1 heterocycles. The first-order valence-corrected chi connectivity index (χ1v) is 9.62. The van der Waals surface area contributed by atoms with Gasteiger partial charge in [0.05, 0.1) is 11.3 Å². The van der Waals surface area contributed by atoms with Crippen molar-refractivity contribution in [1.29, 1.82) is 10.5 Å². The number of rotatable bonds is 5. The van der Waals surface area contributed by atoms with E-state index in [-0.39, 0.29) is 39.1 Å². The summed E-state index contributed by atoms with van der Waals surface area (Å²) in [5, 5.41) is 19.9. The Morgan fingerprint density at radius 2 is 1.86 bits per heavy atom. The van der Waals surface area contributed by atoms with Crippen LogP contribution in [0, 0.1) is 28.5 Å².